The van der Waals surface area contributed by atoms with E-state index < -0.39 is 0 Å². The Hall–Kier alpha value is -0.0300. The zero-order valence-corrected chi connectivity index (χ0v) is 13.9. The van der Waals surface area contributed by atoms with Gasteiger partial charge in [-0.2, -0.15) is 0 Å². The molecule has 1 rings (SSSR count). The molecule has 0 aromatic heterocycles. The molecule has 0 bridgehead atoms. The maximum absolute atomic E-state index is 11.5. The van der Waals surface area contributed by atoms with Crippen LogP contribution in [-0.2, 0) is 4.79 Å². The van der Waals surface area contributed by atoms with Gasteiger partial charge in [-0.25, -0.2) is 0 Å². The summed E-state index contributed by atoms with van der Waals surface area (Å²) in [4.78, 5) is 13.7. The Morgan fingerprint density at radius 2 is 2.00 bits per heavy atom. The fraction of sp³-hybridized carbons (Fsp3) is 0.923. The number of hydrogen-bond donors (Lipinski definition) is 2. The summed E-state index contributed by atoms with van der Waals surface area (Å²) in [5.41, 5.74) is 0. The lowest BCUT2D eigenvalue weighted by Gasteiger charge is -2.23. The second-order valence-electron chi connectivity index (χ2n) is 5.16. The van der Waals surface area contributed by atoms with Crippen molar-refractivity contribution in [2.45, 2.75) is 39.2 Å². The molecule has 0 aliphatic heterocycles. The highest BCUT2D eigenvalue weighted by atomic mass is 35.5. The van der Waals surface area contributed by atoms with Crippen LogP contribution in [0.15, 0.2) is 0 Å². The number of nitrogens with zero attached hydrogens (tertiary/aromatic N) is 1. The van der Waals surface area contributed by atoms with Crippen LogP contribution in [0, 0.1) is 5.92 Å². The van der Waals surface area contributed by atoms with E-state index in [9.17, 15) is 4.79 Å². The summed E-state index contributed by atoms with van der Waals surface area (Å²) in [6.45, 7) is 7.51. The Morgan fingerprint density at radius 3 is 2.53 bits per heavy atom. The summed E-state index contributed by atoms with van der Waals surface area (Å²) in [5, 5.41) is 6.14. The van der Waals surface area contributed by atoms with Gasteiger partial charge < -0.3 is 15.5 Å². The smallest absolute Gasteiger partial charge is 0.234 e. The molecule has 0 radical (unpaired) electrons. The number of nitrogens with one attached hydrogen (secondary N) is 2. The van der Waals surface area contributed by atoms with Gasteiger partial charge in [0.2, 0.25) is 5.91 Å². The van der Waals surface area contributed by atoms with E-state index in [-0.39, 0.29) is 30.7 Å². The van der Waals surface area contributed by atoms with Crippen molar-refractivity contribution < 1.29 is 4.79 Å². The second kappa shape index (κ2) is 11.8. The van der Waals surface area contributed by atoms with Crippen molar-refractivity contribution in [1.82, 2.24) is 15.5 Å². The van der Waals surface area contributed by atoms with Gasteiger partial charge >= 0.3 is 0 Å². The molecule has 0 spiro atoms. The maximum atomic E-state index is 11.5. The van der Waals surface area contributed by atoms with Crippen LogP contribution in [0.1, 0.15) is 33.1 Å². The Kier molecular flexibility index (Phi) is 13.2. The molecule has 4 nitrogen and oxygen atoms in total. The molecule has 0 aromatic rings. The largest absolute Gasteiger partial charge is 0.354 e. The molecular weight excluding hydrogens is 285 g/mol. The van der Waals surface area contributed by atoms with Gasteiger partial charge in [0.1, 0.15) is 0 Å². The Bertz CT molecular complexity index is 238. The third-order valence-corrected chi connectivity index (χ3v) is 3.55. The number of halogens is 2. The lowest BCUT2D eigenvalue weighted by Crippen LogP contribution is -2.40. The third-order valence-electron chi connectivity index (χ3n) is 3.55. The van der Waals surface area contributed by atoms with Gasteiger partial charge in [-0.15, -0.1) is 24.8 Å². The number of carbonyl (C=O) groups excluding carboxylic acids is 1. The first-order valence-corrected chi connectivity index (χ1v) is 6.81. The van der Waals surface area contributed by atoms with Crippen LogP contribution < -0.4 is 10.6 Å². The zero-order valence-electron chi connectivity index (χ0n) is 12.3. The molecule has 116 valence electrons. The monoisotopic (exact) mass is 313 g/mol. The van der Waals surface area contributed by atoms with Gasteiger partial charge in [-0.3, -0.25) is 4.79 Å². The van der Waals surface area contributed by atoms with Crippen LogP contribution in [0.2, 0.25) is 0 Å². The Labute approximate surface area is 129 Å². The summed E-state index contributed by atoms with van der Waals surface area (Å²) in [6, 6.07) is 0.583. The topological polar surface area (TPSA) is 44.4 Å². The van der Waals surface area contributed by atoms with Crippen molar-refractivity contribution in [2.24, 2.45) is 5.92 Å². The minimum Gasteiger partial charge on any atom is -0.354 e. The predicted octanol–water partition coefficient (Wildman–Crippen LogP) is 1.68. The SMILES string of the molecule is CCC(C)N(C)CCNC(=O)CNCC1CC1.Cl.Cl. The number of hydrogen-bond acceptors (Lipinski definition) is 3. The first-order valence-electron chi connectivity index (χ1n) is 6.81. The highest BCUT2D eigenvalue weighted by molar-refractivity contribution is 5.85. The van der Waals surface area contributed by atoms with Crippen LogP contribution in [0.25, 0.3) is 0 Å². The normalized spacial score (nSPS) is 15.4. The standard InChI is InChI=1S/C13H27N3O.2ClH/c1-4-11(2)16(3)8-7-15-13(17)10-14-9-12-5-6-12;;/h11-12,14H,4-10H2,1-3H3,(H,15,17);2*1H. The minimum atomic E-state index is 0. The highest BCUT2D eigenvalue weighted by Crippen LogP contribution is 2.27. The first-order chi connectivity index (χ1) is 8.13. The first kappa shape index (κ1) is 21.3. The van der Waals surface area contributed by atoms with Crippen LogP contribution in [0.5, 0.6) is 0 Å². The van der Waals surface area contributed by atoms with Gasteiger partial charge in [0.25, 0.3) is 0 Å². The molecule has 1 saturated carbocycles. The van der Waals surface area contributed by atoms with Gasteiger partial charge in [-0.05, 0) is 45.7 Å². The second-order valence-corrected chi connectivity index (χ2v) is 5.16. The van der Waals surface area contributed by atoms with Crippen molar-refractivity contribution in [3.63, 3.8) is 0 Å². The number of likely N-dealkylation sites (N-methyl/N-ethyl adjacent to an activating group) is 1. The van der Waals surface area contributed by atoms with Crippen LogP contribution in [0.3, 0.4) is 0 Å². The molecule has 1 atom stereocenters. The van der Waals surface area contributed by atoms with E-state index in [1.807, 2.05) is 0 Å². The molecule has 1 aliphatic rings. The van der Waals surface area contributed by atoms with E-state index >= 15 is 0 Å². The van der Waals surface area contributed by atoms with E-state index in [1.165, 1.54) is 12.8 Å². The number of carbonyl (C=O) groups is 1. The van der Waals surface area contributed by atoms with Gasteiger partial charge in [0.15, 0.2) is 0 Å². The molecule has 1 aliphatic carbocycles. The average molecular weight is 314 g/mol. The number of rotatable bonds is 9. The van der Waals surface area contributed by atoms with Gasteiger partial charge in [-0.1, -0.05) is 6.92 Å². The molecule has 2 N–H and O–H groups in total. The maximum Gasteiger partial charge on any atom is 0.234 e. The predicted molar refractivity (Wildman–Crippen MR) is 85.5 cm³/mol. The molecule has 1 fully saturated rings. The molecule has 6 heteroatoms. The van der Waals surface area contributed by atoms with Crippen LogP contribution in [0.4, 0.5) is 0 Å². The summed E-state index contributed by atoms with van der Waals surface area (Å²) < 4.78 is 0. The summed E-state index contributed by atoms with van der Waals surface area (Å²) >= 11 is 0. The molecule has 1 unspecified atom stereocenters. The van der Waals surface area contributed by atoms with Crippen molar-refractivity contribution in [1.29, 1.82) is 0 Å². The lowest BCUT2D eigenvalue weighted by atomic mass is 10.2. The summed E-state index contributed by atoms with van der Waals surface area (Å²) in [7, 11) is 2.10. The highest BCUT2D eigenvalue weighted by Gasteiger charge is 2.20. The van der Waals surface area contributed by atoms with E-state index in [4.69, 9.17) is 0 Å². The van der Waals surface area contributed by atoms with Crippen molar-refractivity contribution in [3.05, 3.63) is 0 Å². The molecule has 0 heterocycles. The molecular formula is C13H29Cl2N3O. The van der Waals surface area contributed by atoms with Crippen molar-refractivity contribution in [2.75, 3.05) is 33.2 Å². The average Bonchev–Trinajstić information content (AvgIpc) is 3.11. The molecule has 1 amide bonds. The number of amides is 1. The van der Waals surface area contributed by atoms with Crippen LogP contribution >= 0.6 is 24.8 Å². The van der Waals surface area contributed by atoms with Gasteiger partial charge in [0, 0.05) is 19.1 Å². The third kappa shape index (κ3) is 10.4. The molecule has 0 saturated heterocycles. The van der Waals surface area contributed by atoms with E-state index in [0.717, 1.165) is 32.0 Å². The Balaban J connectivity index is 0. The fourth-order valence-electron chi connectivity index (χ4n) is 1.68. The summed E-state index contributed by atoms with van der Waals surface area (Å²) in [6.07, 6.45) is 3.80. The van der Waals surface area contributed by atoms with Crippen molar-refractivity contribution in [3.8, 4) is 0 Å². The quantitative estimate of drug-likeness (QED) is 0.680. The zero-order chi connectivity index (χ0) is 12.7. The van der Waals surface area contributed by atoms with Gasteiger partial charge in [0.05, 0.1) is 6.54 Å². The Morgan fingerprint density at radius 1 is 1.37 bits per heavy atom. The fourth-order valence-corrected chi connectivity index (χ4v) is 1.68. The lowest BCUT2D eigenvalue weighted by molar-refractivity contribution is -0.120. The summed E-state index contributed by atoms with van der Waals surface area (Å²) in [5.74, 6) is 0.947. The van der Waals surface area contributed by atoms with Crippen molar-refractivity contribution >= 4 is 30.7 Å². The van der Waals surface area contributed by atoms with Crippen LogP contribution in [-0.4, -0.2) is 50.1 Å². The van der Waals surface area contributed by atoms with E-state index in [0.29, 0.717) is 12.6 Å². The van der Waals surface area contributed by atoms with E-state index in [1.54, 1.807) is 0 Å². The minimum absolute atomic E-state index is 0. The van der Waals surface area contributed by atoms with E-state index in [2.05, 4.69) is 36.4 Å². The molecule has 19 heavy (non-hydrogen) atoms. The molecule has 0 aromatic carbocycles.